The number of hydrogen-bond acceptors (Lipinski definition) is 3. The molecule has 1 heterocycles. The molecule has 2 rings (SSSR count). The van der Waals surface area contributed by atoms with E-state index in [9.17, 15) is 14.7 Å². The molecule has 1 unspecified atom stereocenters. The highest BCUT2D eigenvalue weighted by atomic mass is 16.4. The lowest BCUT2D eigenvalue weighted by Crippen LogP contribution is -2.26. The molecule has 1 atom stereocenters. The van der Waals surface area contributed by atoms with Crippen molar-refractivity contribution in [3.05, 3.63) is 29.3 Å². The van der Waals surface area contributed by atoms with Gasteiger partial charge in [0.25, 0.3) is 0 Å². The maximum absolute atomic E-state index is 11.6. The van der Waals surface area contributed by atoms with Crippen LogP contribution < -0.4 is 4.90 Å². The van der Waals surface area contributed by atoms with Crippen molar-refractivity contribution in [1.29, 1.82) is 0 Å². The van der Waals surface area contributed by atoms with Crippen LogP contribution in [0.15, 0.2) is 18.2 Å². The number of carbonyl (C=O) groups is 2. The Morgan fingerprint density at radius 2 is 2.18 bits per heavy atom. The van der Waals surface area contributed by atoms with Crippen molar-refractivity contribution in [2.24, 2.45) is 0 Å². The predicted octanol–water partition coefficient (Wildman–Crippen LogP) is 0.791. The standard InChI is InChI=1S/C12H13NO4/c1-7-4-8(12(16)17)2-3-10(7)13-6-9(14)5-11(13)15/h2-4,9,14H,5-6H2,1H3,(H,16,17). The molecule has 1 fully saturated rings. The number of β-amino-alcohol motifs (C(OH)–C–C–N with tert-alkyl or cyclic N) is 1. The molecule has 0 saturated carbocycles. The molecule has 1 aliphatic rings. The Bertz CT molecular complexity index is 483. The van der Waals surface area contributed by atoms with Gasteiger partial charge in [0.1, 0.15) is 0 Å². The SMILES string of the molecule is Cc1cc(C(=O)O)ccc1N1CC(O)CC1=O. The Kier molecular flexibility index (Phi) is 2.85. The molecule has 1 aliphatic heterocycles. The van der Waals surface area contributed by atoms with Crippen LogP contribution in [0.5, 0.6) is 0 Å². The monoisotopic (exact) mass is 235 g/mol. The average molecular weight is 235 g/mol. The number of aromatic carboxylic acids is 1. The first kappa shape index (κ1) is 11.6. The fourth-order valence-electron chi connectivity index (χ4n) is 2.01. The lowest BCUT2D eigenvalue weighted by atomic mass is 10.1. The molecule has 5 heteroatoms. The fraction of sp³-hybridized carbons (Fsp3) is 0.333. The highest BCUT2D eigenvalue weighted by Crippen LogP contribution is 2.26. The van der Waals surface area contributed by atoms with Gasteiger partial charge in [-0.1, -0.05) is 0 Å². The van der Waals surface area contributed by atoms with Crippen LogP contribution in [0.4, 0.5) is 5.69 Å². The third-order valence-corrected chi connectivity index (χ3v) is 2.84. The maximum atomic E-state index is 11.6. The number of nitrogens with zero attached hydrogens (tertiary/aromatic N) is 1. The van der Waals surface area contributed by atoms with Crippen LogP contribution >= 0.6 is 0 Å². The second-order valence-electron chi connectivity index (χ2n) is 4.17. The molecule has 2 N–H and O–H groups in total. The van der Waals surface area contributed by atoms with E-state index in [1.54, 1.807) is 13.0 Å². The zero-order valence-electron chi connectivity index (χ0n) is 9.38. The molecule has 0 spiro atoms. The number of aliphatic hydroxyl groups is 1. The van der Waals surface area contributed by atoms with Crippen LogP contribution in [0, 0.1) is 6.92 Å². The van der Waals surface area contributed by atoms with E-state index < -0.39 is 12.1 Å². The van der Waals surface area contributed by atoms with Gasteiger partial charge in [-0.3, -0.25) is 4.79 Å². The van der Waals surface area contributed by atoms with Gasteiger partial charge in [0.05, 0.1) is 24.6 Å². The molecule has 1 amide bonds. The Balaban J connectivity index is 2.34. The molecule has 0 aliphatic carbocycles. The van der Waals surface area contributed by atoms with E-state index >= 15 is 0 Å². The highest BCUT2D eigenvalue weighted by Gasteiger charge is 2.29. The molecule has 0 aromatic heterocycles. The molecule has 5 nitrogen and oxygen atoms in total. The summed E-state index contributed by atoms with van der Waals surface area (Å²) in [5.74, 6) is -1.13. The number of hydrogen-bond donors (Lipinski definition) is 2. The normalized spacial score (nSPS) is 19.8. The number of carboxylic acid groups (broad SMARTS) is 1. The van der Waals surface area contributed by atoms with Gasteiger partial charge in [-0.05, 0) is 30.7 Å². The number of carbonyl (C=O) groups excluding carboxylic acids is 1. The number of anilines is 1. The summed E-state index contributed by atoms with van der Waals surface area (Å²) in [6, 6.07) is 4.59. The van der Waals surface area contributed by atoms with E-state index in [-0.39, 0.29) is 24.4 Å². The van der Waals surface area contributed by atoms with Crippen LogP contribution in [0.3, 0.4) is 0 Å². The van der Waals surface area contributed by atoms with E-state index in [1.807, 2.05) is 0 Å². The third kappa shape index (κ3) is 2.14. The van der Waals surface area contributed by atoms with E-state index in [0.717, 1.165) is 0 Å². The molecular weight excluding hydrogens is 222 g/mol. The smallest absolute Gasteiger partial charge is 0.335 e. The van der Waals surface area contributed by atoms with E-state index in [0.29, 0.717) is 11.3 Å². The maximum Gasteiger partial charge on any atom is 0.335 e. The Morgan fingerprint density at radius 1 is 1.47 bits per heavy atom. The summed E-state index contributed by atoms with van der Waals surface area (Å²) >= 11 is 0. The van der Waals surface area contributed by atoms with Crippen molar-refractivity contribution < 1.29 is 19.8 Å². The molecule has 1 aromatic rings. The number of amides is 1. The zero-order valence-corrected chi connectivity index (χ0v) is 9.38. The van der Waals surface area contributed by atoms with Gasteiger partial charge < -0.3 is 15.1 Å². The second-order valence-corrected chi connectivity index (χ2v) is 4.17. The first-order chi connectivity index (χ1) is 7.99. The quantitative estimate of drug-likeness (QED) is 0.794. The average Bonchev–Trinajstić information content (AvgIpc) is 2.57. The summed E-state index contributed by atoms with van der Waals surface area (Å²) in [5.41, 5.74) is 1.57. The summed E-state index contributed by atoms with van der Waals surface area (Å²) in [4.78, 5) is 23.9. The third-order valence-electron chi connectivity index (χ3n) is 2.84. The summed E-state index contributed by atoms with van der Waals surface area (Å²) in [7, 11) is 0. The van der Waals surface area contributed by atoms with Crippen LogP contribution in [-0.2, 0) is 4.79 Å². The fourth-order valence-corrected chi connectivity index (χ4v) is 2.01. The molecule has 90 valence electrons. The van der Waals surface area contributed by atoms with Crippen LogP contribution in [-0.4, -0.2) is 34.7 Å². The number of aliphatic hydroxyl groups excluding tert-OH is 1. The van der Waals surface area contributed by atoms with Crippen LogP contribution in [0.25, 0.3) is 0 Å². The lowest BCUT2D eigenvalue weighted by molar-refractivity contribution is -0.117. The van der Waals surface area contributed by atoms with Gasteiger partial charge in [0.2, 0.25) is 5.91 Å². The molecule has 0 radical (unpaired) electrons. The topological polar surface area (TPSA) is 77.8 Å². The summed E-state index contributed by atoms with van der Waals surface area (Å²) in [6.45, 7) is 2.02. The van der Waals surface area contributed by atoms with Gasteiger partial charge in [-0.25, -0.2) is 4.79 Å². The van der Waals surface area contributed by atoms with Gasteiger partial charge in [-0.15, -0.1) is 0 Å². The minimum atomic E-state index is -0.993. The van der Waals surface area contributed by atoms with E-state index in [4.69, 9.17) is 5.11 Å². The summed E-state index contributed by atoms with van der Waals surface area (Å²) in [5, 5.41) is 18.2. The van der Waals surface area contributed by atoms with Gasteiger partial charge in [-0.2, -0.15) is 0 Å². The number of carboxylic acids is 1. The molecule has 1 saturated heterocycles. The largest absolute Gasteiger partial charge is 0.478 e. The molecular formula is C12H13NO4. The zero-order chi connectivity index (χ0) is 12.6. The van der Waals surface area contributed by atoms with Crippen molar-refractivity contribution >= 4 is 17.6 Å². The minimum Gasteiger partial charge on any atom is -0.478 e. The summed E-state index contributed by atoms with van der Waals surface area (Å²) in [6.07, 6.45) is -0.513. The van der Waals surface area contributed by atoms with Crippen LogP contribution in [0.1, 0.15) is 22.3 Å². The van der Waals surface area contributed by atoms with Crippen LogP contribution in [0.2, 0.25) is 0 Å². The van der Waals surface area contributed by atoms with Gasteiger partial charge >= 0.3 is 5.97 Å². The number of benzene rings is 1. The van der Waals surface area contributed by atoms with E-state index in [2.05, 4.69) is 0 Å². The minimum absolute atomic E-state index is 0.125. The Labute approximate surface area is 98.3 Å². The van der Waals surface area contributed by atoms with Crippen molar-refractivity contribution in [1.82, 2.24) is 0 Å². The molecule has 17 heavy (non-hydrogen) atoms. The first-order valence-electron chi connectivity index (χ1n) is 5.31. The second kappa shape index (κ2) is 4.18. The van der Waals surface area contributed by atoms with Gasteiger partial charge in [0, 0.05) is 5.69 Å². The number of rotatable bonds is 2. The van der Waals surface area contributed by atoms with Crippen molar-refractivity contribution in [3.63, 3.8) is 0 Å². The van der Waals surface area contributed by atoms with Gasteiger partial charge in [0.15, 0.2) is 0 Å². The lowest BCUT2D eigenvalue weighted by Gasteiger charge is -2.18. The Hall–Kier alpha value is -1.88. The van der Waals surface area contributed by atoms with E-state index in [1.165, 1.54) is 17.0 Å². The number of aryl methyl sites for hydroxylation is 1. The molecule has 0 bridgehead atoms. The first-order valence-corrected chi connectivity index (χ1v) is 5.31. The summed E-state index contributed by atoms with van der Waals surface area (Å²) < 4.78 is 0. The Morgan fingerprint density at radius 3 is 2.65 bits per heavy atom. The van der Waals surface area contributed by atoms with Crippen molar-refractivity contribution in [2.75, 3.05) is 11.4 Å². The highest BCUT2D eigenvalue weighted by molar-refractivity contribution is 5.97. The molecule has 1 aromatic carbocycles. The predicted molar refractivity (Wildman–Crippen MR) is 61.1 cm³/mol. The van der Waals surface area contributed by atoms with Crippen molar-refractivity contribution in [3.8, 4) is 0 Å². The van der Waals surface area contributed by atoms with Crippen molar-refractivity contribution in [2.45, 2.75) is 19.4 Å².